The molecule has 0 N–H and O–H groups in total. The molecule has 0 saturated heterocycles. The second kappa shape index (κ2) is 4.98. The van der Waals surface area contributed by atoms with Crippen molar-refractivity contribution in [1.29, 1.82) is 0 Å². The molecule has 27 heavy (non-hydrogen) atoms. The van der Waals surface area contributed by atoms with Gasteiger partial charge in [-0.1, -0.05) is 48.0 Å². The van der Waals surface area contributed by atoms with Crippen LogP contribution in [0.15, 0.2) is 60.8 Å². The molecule has 2 nitrogen and oxygen atoms in total. The Morgan fingerprint density at radius 3 is 2.44 bits per heavy atom. The number of aryl methyl sites for hydroxylation is 3. The van der Waals surface area contributed by atoms with Crippen molar-refractivity contribution in [2.45, 2.75) is 27.3 Å². The number of hydrogen-bond acceptors (Lipinski definition) is 0. The van der Waals surface area contributed by atoms with Crippen LogP contribution < -0.4 is 4.57 Å². The van der Waals surface area contributed by atoms with E-state index >= 15 is 0 Å². The van der Waals surface area contributed by atoms with Crippen LogP contribution in [0, 0.1) is 20.8 Å². The predicted octanol–water partition coefficient (Wildman–Crippen LogP) is 5.49. The van der Waals surface area contributed by atoms with Gasteiger partial charge in [-0.15, -0.1) is 0 Å². The first kappa shape index (κ1) is 15.0. The van der Waals surface area contributed by atoms with E-state index in [2.05, 4.69) is 90.5 Å². The molecule has 0 spiro atoms. The summed E-state index contributed by atoms with van der Waals surface area (Å²) >= 11 is 0. The molecule has 1 aliphatic heterocycles. The Bertz CT molecular complexity index is 1400. The van der Waals surface area contributed by atoms with Crippen LogP contribution in [0.2, 0.25) is 0 Å². The topological polar surface area (TPSA) is 8.29 Å². The lowest BCUT2D eigenvalue weighted by molar-refractivity contribution is -0.657. The first-order valence-corrected chi connectivity index (χ1v) is 9.59. The standard InChI is InChI=1S/C25H21N2/c1-15-10-11-21-20(12-15)19-9-5-8-18-13-26-14-22(27(21)25(26)24(18)19)23-16(2)6-4-7-17(23)3/h4-12,14H,13H2,1-3H3/q+1. The second-order valence-corrected chi connectivity index (χ2v) is 7.93. The van der Waals surface area contributed by atoms with Gasteiger partial charge >= 0.3 is 0 Å². The van der Waals surface area contributed by atoms with Gasteiger partial charge in [0.05, 0.1) is 5.39 Å². The smallest absolute Gasteiger partial charge is 0.225 e. The van der Waals surface area contributed by atoms with Crippen molar-refractivity contribution in [3.8, 4) is 11.3 Å². The van der Waals surface area contributed by atoms with Crippen LogP contribution in [0.1, 0.15) is 22.3 Å². The number of rotatable bonds is 1. The van der Waals surface area contributed by atoms with Crippen molar-refractivity contribution in [3.63, 3.8) is 0 Å². The van der Waals surface area contributed by atoms with Crippen molar-refractivity contribution in [2.24, 2.45) is 0 Å². The normalized spacial score (nSPS) is 12.9. The number of benzene rings is 3. The molecule has 0 unspecified atom stereocenters. The van der Waals surface area contributed by atoms with Crippen molar-refractivity contribution >= 4 is 27.3 Å². The summed E-state index contributed by atoms with van der Waals surface area (Å²) in [4.78, 5) is 0. The monoisotopic (exact) mass is 349 g/mol. The predicted molar refractivity (Wildman–Crippen MR) is 111 cm³/mol. The van der Waals surface area contributed by atoms with Gasteiger partial charge in [0, 0.05) is 21.9 Å². The summed E-state index contributed by atoms with van der Waals surface area (Å²) in [5.74, 6) is 0. The van der Waals surface area contributed by atoms with E-state index in [-0.39, 0.29) is 0 Å². The Hall–Kier alpha value is -3.13. The molecule has 0 radical (unpaired) electrons. The van der Waals surface area contributed by atoms with Crippen LogP contribution in [-0.2, 0) is 6.54 Å². The Morgan fingerprint density at radius 1 is 0.852 bits per heavy atom. The van der Waals surface area contributed by atoms with Crippen molar-refractivity contribution in [1.82, 2.24) is 4.40 Å². The third-order valence-corrected chi connectivity index (χ3v) is 6.14. The van der Waals surface area contributed by atoms with E-state index in [1.165, 1.54) is 60.8 Å². The fraction of sp³-hybridized carbons (Fsp3) is 0.160. The Morgan fingerprint density at radius 2 is 1.63 bits per heavy atom. The Balaban J connectivity index is 1.92. The number of pyridine rings is 1. The highest BCUT2D eigenvalue weighted by atomic mass is 15.1. The zero-order valence-electron chi connectivity index (χ0n) is 15.9. The number of hydrogen-bond donors (Lipinski definition) is 0. The minimum Gasteiger partial charge on any atom is -0.225 e. The summed E-state index contributed by atoms with van der Waals surface area (Å²) < 4.78 is 4.92. The van der Waals surface area contributed by atoms with Gasteiger partial charge in [0.25, 0.3) is 5.65 Å². The quantitative estimate of drug-likeness (QED) is 0.274. The SMILES string of the molecule is Cc1ccc2c(c1)c1cccc3c1c1n2c(-c2c(C)cccc2C)c[n+]1C3. The number of imidazole rings is 1. The largest absolute Gasteiger partial charge is 0.295 e. The molecule has 0 atom stereocenters. The van der Waals surface area contributed by atoms with E-state index in [1.54, 1.807) is 0 Å². The first-order valence-electron chi connectivity index (χ1n) is 9.59. The fourth-order valence-corrected chi connectivity index (χ4v) is 4.99. The summed E-state index contributed by atoms with van der Waals surface area (Å²) in [5, 5.41) is 4.13. The number of fused-ring (bicyclic) bond motifs is 3. The van der Waals surface area contributed by atoms with Gasteiger partial charge in [-0.3, -0.25) is 0 Å². The molecular weight excluding hydrogens is 328 g/mol. The highest BCUT2D eigenvalue weighted by Gasteiger charge is 2.31. The van der Waals surface area contributed by atoms with Crippen molar-refractivity contribution < 1.29 is 4.57 Å². The zero-order chi connectivity index (χ0) is 18.3. The molecular formula is C25H21N2+. The molecule has 0 amide bonds. The number of aromatic nitrogens is 2. The van der Waals surface area contributed by atoms with Crippen LogP contribution in [0.5, 0.6) is 0 Å². The molecule has 6 rings (SSSR count). The molecule has 0 fully saturated rings. The maximum absolute atomic E-state index is 2.49. The molecule has 0 bridgehead atoms. The third kappa shape index (κ3) is 1.83. The van der Waals surface area contributed by atoms with E-state index in [1.807, 2.05) is 0 Å². The summed E-state index contributed by atoms with van der Waals surface area (Å²) in [5.41, 5.74) is 10.7. The molecule has 1 aliphatic rings. The number of nitrogens with zero attached hydrogens (tertiary/aromatic N) is 2. The maximum atomic E-state index is 2.49. The highest BCUT2D eigenvalue weighted by Crippen LogP contribution is 2.38. The van der Waals surface area contributed by atoms with Crippen LogP contribution >= 0.6 is 0 Å². The van der Waals surface area contributed by atoms with Crippen LogP contribution in [0.4, 0.5) is 0 Å². The summed E-state index contributed by atoms with van der Waals surface area (Å²) in [6.07, 6.45) is 2.35. The summed E-state index contributed by atoms with van der Waals surface area (Å²) in [7, 11) is 0. The van der Waals surface area contributed by atoms with Crippen molar-refractivity contribution in [3.05, 3.63) is 83.0 Å². The minimum atomic E-state index is 0.955. The Kier molecular flexibility index (Phi) is 2.76. The van der Waals surface area contributed by atoms with Gasteiger partial charge < -0.3 is 0 Å². The Labute approximate surface area is 158 Å². The molecule has 2 aromatic heterocycles. The summed E-state index contributed by atoms with van der Waals surface area (Å²) in [6.45, 7) is 7.57. The van der Waals surface area contributed by atoms with Gasteiger partial charge in [0.1, 0.15) is 18.3 Å². The lowest BCUT2D eigenvalue weighted by Crippen LogP contribution is -2.28. The van der Waals surface area contributed by atoms with E-state index in [0.29, 0.717) is 0 Å². The average Bonchev–Trinajstić information content (AvgIpc) is 3.18. The lowest BCUT2D eigenvalue weighted by atomic mass is 9.98. The molecule has 0 aliphatic carbocycles. The van der Waals surface area contributed by atoms with Crippen molar-refractivity contribution in [2.75, 3.05) is 0 Å². The van der Waals surface area contributed by atoms with E-state index < -0.39 is 0 Å². The van der Waals surface area contributed by atoms with Crippen LogP contribution in [0.3, 0.4) is 0 Å². The third-order valence-electron chi connectivity index (χ3n) is 6.14. The molecule has 130 valence electrons. The van der Waals surface area contributed by atoms with E-state index in [9.17, 15) is 0 Å². The second-order valence-electron chi connectivity index (χ2n) is 7.93. The van der Waals surface area contributed by atoms with Crippen LogP contribution in [-0.4, -0.2) is 4.40 Å². The molecule has 2 heteroatoms. The highest BCUT2D eigenvalue weighted by molar-refractivity contribution is 6.13. The van der Waals surface area contributed by atoms with Gasteiger partial charge in [-0.25, -0.2) is 4.57 Å². The van der Waals surface area contributed by atoms with Gasteiger partial charge in [0.15, 0.2) is 5.69 Å². The van der Waals surface area contributed by atoms with E-state index in [0.717, 1.165) is 6.54 Å². The van der Waals surface area contributed by atoms with Gasteiger partial charge in [0.2, 0.25) is 0 Å². The van der Waals surface area contributed by atoms with Gasteiger partial charge in [-0.05, 0) is 44.0 Å². The molecule has 3 aromatic carbocycles. The first-order chi connectivity index (χ1) is 13.1. The zero-order valence-corrected chi connectivity index (χ0v) is 15.9. The van der Waals surface area contributed by atoms with Gasteiger partial charge in [-0.2, -0.15) is 4.40 Å². The fourth-order valence-electron chi connectivity index (χ4n) is 4.99. The molecule has 3 heterocycles. The molecule has 0 saturated carbocycles. The van der Waals surface area contributed by atoms with Crippen LogP contribution in [0.25, 0.3) is 38.6 Å². The van der Waals surface area contributed by atoms with E-state index in [4.69, 9.17) is 0 Å². The maximum Gasteiger partial charge on any atom is 0.295 e. The average molecular weight is 349 g/mol. The molecule has 5 aromatic rings. The summed E-state index contributed by atoms with van der Waals surface area (Å²) in [6, 6.07) is 20.2. The minimum absolute atomic E-state index is 0.955. The lowest BCUT2D eigenvalue weighted by Gasteiger charge is -2.09.